The second-order valence-electron chi connectivity index (χ2n) is 5.10. The number of likely N-dealkylation sites (N-methyl/N-ethyl adjacent to an activating group) is 1. The van der Waals surface area contributed by atoms with Crippen LogP contribution in [-0.4, -0.2) is 71.7 Å². The Bertz CT molecular complexity index is 517. The number of hydrogen-bond acceptors (Lipinski definition) is 6. The molecule has 1 aliphatic heterocycles. The van der Waals surface area contributed by atoms with Crippen LogP contribution in [0.4, 0.5) is 0 Å². The summed E-state index contributed by atoms with van der Waals surface area (Å²) in [6, 6.07) is -0.632. The number of amides is 1. The minimum Gasteiger partial charge on any atom is -0.480 e. The van der Waals surface area contributed by atoms with Crippen molar-refractivity contribution in [3.63, 3.8) is 0 Å². The average molecular weight is 313 g/mol. The van der Waals surface area contributed by atoms with Crippen LogP contribution in [0.25, 0.3) is 0 Å². The predicted octanol–water partition coefficient (Wildman–Crippen LogP) is 0.0592. The summed E-state index contributed by atoms with van der Waals surface area (Å²) in [5, 5.41) is 11.8. The Morgan fingerprint density at radius 1 is 1.57 bits per heavy atom. The van der Waals surface area contributed by atoms with Crippen LogP contribution < -0.4 is 0 Å². The summed E-state index contributed by atoms with van der Waals surface area (Å²) < 4.78 is 5.21. The molecule has 8 heteroatoms. The average Bonchev–Trinajstić information content (AvgIpc) is 2.86. The van der Waals surface area contributed by atoms with Gasteiger partial charge in [-0.1, -0.05) is 0 Å². The second-order valence-corrected chi connectivity index (χ2v) is 6.04. The maximum Gasteiger partial charge on any atom is 0.323 e. The first kappa shape index (κ1) is 15.9. The number of ether oxygens (including phenoxy) is 1. The molecule has 7 nitrogen and oxygen atoms in total. The summed E-state index contributed by atoms with van der Waals surface area (Å²) in [5.41, 5.74) is 0.801. The quantitative estimate of drug-likeness (QED) is 0.827. The molecule has 2 rings (SSSR count). The van der Waals surface area contributed by atoms with Gasteiger partial charge in [0.05, 0.1) is 25.3 Å². The number of aliphatic carboxylic acids is 1. The molecule has 1 fully saturated rings. The zero-order chi connectivity index (χ0) is 15.4. The van der Waals surface area contributed by atoms with Crippen LogP contribution in [0.5, 0.6) is 0 Å². The van der Waals surface area contributed by atoms with Gasteiger partial charge >= 0.3 is 5.97 Å². The van der Waals surface area contributed by atoms with E-state index in [0.717, 1.165) is 10.7 Å². The number of aromatic nitrogens is 1. The van der Waals surface area contributed by atoms with Gasteiger partial charge in [-0.25, -0.2) is 4.98 Å². The van der Waals surface area contributed by atoms with Gasteiger partial charge < -0.3 is 14.7 Å². The van der Waals surface area contributed by atoms with Gasteiger partial charge in [-0.3, -0.25) is 14.5 Å². The Morgan fingerprint density at radius 3 is 3.00 bits per heavy atom. The highest BCUT2D eigenvalue weighted by atomic mass is 32.1. The number of hydrogen-bond donors (Lipinski definition) is 1. The molecule has 0 aliphatic carbocycles. The van der Waals surface area contributed by atoms with E-state index >= 15 is 0 Å². The van der Waals surface area contributed by atoms with Gasteiger partial charge in [0.25, 0.3) is 0 Å². The van der Waals surface area contributed by atoms with Crippen LogP contribution in [-0.2, 0) is 27.3 Å². The molecule has 0 spiro atoms. The molecule has 0 bridgehead atoms. The van der Waals surface area contributed by atoms with Gasteiger partial charge in [0, 0.05) is 32.6 Å². The van der Waals surface area contributed by atoms with Crippen LogP contribution in [0.15, 0.2) is 5.38 Å². The fraction of sp³-hybridized carbons (Fsp3) is 0.615. The number of carboxylic acids is 1. The number of morpholine rings is 1. The second kappa shape index (κ2) is 6.97. The first-order chi connectivity index (χ1) is 9.97. The van der Waals surface area contributed by atoms with Crippen molar-refractivity contribution in [1.29, 1.82) is 0 Å². The van der Waals surface area contributed by atoms with E-state index in [1.807, 2.05) is 10.3 Å². The molecule has 21 heavy (non-hydrogen) atoms. The molecule has 0 aromatic carbocycles. The number of carbonyl (C=O) groups is 2. The maximum atomic E-state index is 11.6. The number of rotatable bonds is 5. The van der Waals surface area contributed by atoms with Crippen molar-refractivity contribution in [2.45, 2.75) is 19.0 Å². The summed E-state index contributed by atoms with van der Waals surface area (Å²) in [6.07, 6.45) is 0.281. The van der Waals surface area contributed by atoms with Crippen LogP contribution in [0, 0.1) is 0 Å². The summed E-state index contributed by atoms with van der Waals surface area (Å²) in [5.74, 6) is -0.876. The number of thiazole rings is 1. The van der Waals surface area contributed by atoms with Crippen molar-refractivity contribution in [2.24, 2.45) is 0 Å². The third-order valence-electron chi connectivity index (χ3n) is 3.29. The smallest absolute Gasteiger partial charge is 0.323 e. The van der Waals surface area contributed by atoms with E-state index < -0.39 is 12.0 Å². The highest BCUT2D eigenvalue weighted by Crippen LogP contribution is 2.16. The van der Waals surface area contributed by atoms with E-state index in [9.17, 15) is 14.7 Å². The molecule has 1 unspecified atom stereocenters. The van der Waals surface area contributed by atoms with E-state index in [1.165, 1.54) is 16.2 Å². The summed E-state index contributed by atoms with van der Waals surface area (Å²) >= 11 is 1.43. The lowest BCUT2D eigenvalue weighted by atomic mass is 10.2. The zero-order valence-electron chi connectivity index (χ0n) is 12.1. The molecule has 0 saturated carbocycles. The van der Waals surface area contributed by atoms with Crippen LogP contribution >= 0.6 is 11.3 Å². The van der Waals surface area contributed by atoms with Crippen LogP contribution in [0.2, 0.25) is 0 Å². The normalized spacial score (nSPS) is 19.4. The van der Waals surface area contributed by atoms with Crippen molar-refractivity contribution in [1.82, 2.24) is 14.8 Å². The van der Waals surface area contributed by atoms with Crippen molar-refractivity contribution in [2.75, 3.05) is 33.9 Å². The first-order valence-electron chi connectivity index (χ1n) is 6.65. The lowest BCUT2D eigenvalue weighted by molar-refractivity contribution is -0.150. The highest BCUT2D eigenvalue weighted by molar-refractivity contribution is 7.09. The van der Waals surface area contributed by atoms with Crippen molar-refractivity contribution in [3.05, 3.63) is 16.1 Å². The molecule has 0 radical (unpaired) electrons. The molecule has 1 saturated heterocycles. The molecule has 1 N–H and O–H groups in total. The Kier molecular flexibility index (Phi) is 5.27. The van der Waals surface area contributed by atoms with E-state index in [-0.39, 0.29) is 18.9 Å². The number of nitrogens with zero attached hydrogens (tertiary/aromatic N) is 3. The third-order valence-corrected chi connectivity index (χ3v) is 4.19. The molecular formula is C13H19N3O4S. The molecule has 2 heterocycles. The van der Waals surface area contributed by atoms with Gasteiger partial charge in [0.1, 0.15) is 11.0 Å². The van der Waals surface area contributed by atoms with Crippen LogP contribution in [0.1, 0.15) is 10.7 Å². The molecule has 1 atom stereocenters. The maximum absolute atomic E-state index is 11.6. The fourth-order valence-electron chi connectivity index (χ4n) is 2.05. The lowest BCUT2D eigenvalue weighted by Gasteiger charge is -2.32. The van der Waals surface area contributed by atoms with Gasteiger partial charge in [-0.05, 0) is 0 Å². The van der Waals surface area contributed by atoms with Crippen LogP contribution in [0.3, 0.4) is 0 Å². The fourth-order valence-corrected chi connectivity index (χ4v) is 2.83. The summed E-state index contributed by atoms with van der Waals surface area (Å²) in [4.78, 5) is 30.6. The Labute approximate surface area is 127 Å². The van der Waals surface area contributed by atoms with Crippen molar-refractivity contribution < 1.29 is 19.4 Å². The van der Waals surface area contributed by atoms with E-state index in [2.05, 4.69) is 4.98 Å². The number of carbonyl (C=O) groups excluding carboxylic acids is 1. The first-order valence-corrected chi connectivity index (χ1v) is 7.53. The molecule has 1 amide bonds. The van der Waals surface area contributed by atoms with E-state index in [0.29, 0.717) is 19.7 Å². The summed E-state index contributed by atoms with van der Waals surface area (Å²) in [6.45, 7) is 1.76. The van der Waals surface area contributed by atoms with Crippen molar-refractivity contribution >= 4 is 23.2 Å². The Hall–Kier alpha value is -1.51. The minimum absolute atomic E-state index is 0.00526. The standard InChI is InChI=1S/C13H19N3O4S/c1-15(2)12(17)5-11-14-9(8-21-11)6-16-3-4-20-7-10(16)13(18)19/h8,10H,3-7H2,1-2H3,(H,18,19). The Morgan fingerprint density at radius 2 is 2.33 bits per heavy atom. The lowest BCUT2D eigenvalue weighted by Crippen LogP contribution is -2.49. The van der Waals surface area contributed by atoms with E-state index in [4.69, 9.17) is 4.74 Å². The van der Waals surface area contributed by atoms with E-state index in [1.54, 1.807) is 14.1 Å². The Balaban J connectivity index is 1.98. The third kappa shape index (κ3) is 4.23. The number of carboxylic acid groups (broad SMARTS) is 1. The SMILES string of the molecule is CN(C)C(=O)Cc1nc(CN2CCOCC2C(=O)O)cs1. The summed E-state index contributed by atoms with van der Waals surface area (Å²) in [7, 11) is 3.42. The topological polar surface area (TPSA) is 83.0 Å². The molecule has 1 aliphatic rings. The largest absolute Gasteiger partial charge is 0.480 e. The molecule has 1 aromatic rings. The highest BCUT2D eigenvalue weighted by Gasteiger charge is 2.29. The molecular weight excluding hydrogens is 294 g/mol. The molecule has 1 aromatic heterocycles. The predicted molar refractivity (Wildman–Crippen MR) is 77.2 cm³/mol. The zero-order valence-corrected chi connectivity index (χ0v) is 12.9. The molecule has 116 valence electrons. The van der Waals surface area contributed by atoms with Gasteiger partial charge in [0.2, 0.25) is 5.91 Å². The van der Waals surface area contributed by atoms with Crippen molar-refractivity contribution in [3.8, 4) is 0 Å². The van der Waals surface area contributed by atoms with Gasteiger partial charge in [-0.15, -0.1) is 11.3 Å². The van der Waals surface area contributed by atoms with Gasteiger partial charge in [-0.2, -0.15) is 0 Å². The minimum atomic E-state index is -0.882. The monoisotopic (exact) mass is 313 g/mol. The van der Waals surface area contributed by atoms with Gasteiger partial charge in [0.15, 0.2) is 0 Å².